The highest BCUT2D eigenvalue weighted by atomic mass is 16.4. The largest absolute Gasteiger partial charge is 0.479 e. The van der Waals surface area contributed by atoms with Crippen LogP contribution in [0.1, 0.15) is 5.56 Å². The number of hydrogen-bond acceptors (Lipinski definition) is 3. The number of aromatic amines is 1. The maximum atomic E-state index is 10.5. The first kappa shape index (κ1) is 9.67. The van der Waals surface area contributed by atoms with Gasteiger partial charge in [0.15, 0.2) is 6.10 Å². The van der Waals surface area contributed by atoms with Crippen LogP contribution in [-0.2, 0) is 11.2 Å². The normalized spacial score (nSPS) is 12.9. The number of fused-ring (bicyclic) bond motifs is 1. The molecular formula is C10H10N2O3. The standard InChI is InChI=1S/C10H10N2O3/c13-8(10(14)15)4-6-5-12-7-2-1-3-11-9(6)7/h1-3,5,8,12-13H,4H2,(H,14,15)/t8-/m0/s1. The summed E-state index contributed by atoms with van der Waals surface area (Å²) in [6, 6.07) is 3.63. The summed E-state index contributed by atoms with van der Waals surface area (Å²) in [6.45, 7) is 0. The number of H-pyrrole nitrogens is 1. The van der Waals surface area contributed by atoms with Gasteiger partial charge in [-0.3, -0.25) is 4.98 Å². The molecule has 2 aromatic heterocycles. The molecule has 2 aromatic rings. The Balaban J connectivity index is 2.32. The number of nitrogens with zero attached hydrogens (tertiary/aromatic N) is 1. The second-order valence-electron chi connectivity index (χ2n) is 3.27. The number of carboxylic acids is 1. The predicted molar refractivity (Wildman–Crippen MR) is 53.4 cm³/mol. The molecule has 0 amide bonds. The third-order valence-electron chi connectivity index (χ3n) is 2.21. The van der Waals surface area contributed by atoms with E-state index in [0.29, 0.717) is 11.1 Å². The van der Waals surface area contributed by atoms with Gasteiger partial charge in [-0.25, -0.2) is 4.79 Å². The second-order valence-corrected chi connectivity index (χ2v) is 3.27. The first-order valence-corrected chi connectivity index (χ1v) is 4.50. The van der Waals surface area contributed by atoms with Gasteiger partial charge in [-0.1, -0.05) is 0 Å². The van der Waals surface area contributed by atoms with Crippen LogP contribution < -0.4 is 0 Å². The molecule has 3 N–H and O–H groups in total. The Morgan fingerprint density at radius 1 is 1.60 bits per heavy atom. The van der Waals surface area contributed by atoms with Gasteiger partial charge in [0.2, 0.25) is 0 Å². The van der Waals surface area contributed by atoms with Gasteiger partial charge in [-0.15, -0.1) is 0 Å². The summed E-state index contributed by atoms with van der Waals surface area (Å²) in [5, 5.41) is 17.8. The molecule has 0 aliphatic rings. The molecule has 0 aliphatic carbocycles. The molecule has 0 radical (unpaired) electrons. The van der Waals surface area contributed by atoms with E-state index in [0.717, 1.165) is 5.52 Å². The number of aliphatic hydroxyl groups excluding tert-OH is 1. The van der Waals surface area contributed by atoms with Crippen molar-refractivity contribution in [2.45, 2.75) is 12.5 Å². The van der Waals surface area contributed by atoms with E-state index in [1.165, 1.54) is 0 Å². The lowest BCUT2D eigenvalue weighted by Crippen LogP contribution is -2.21. The van der Waals surface area contributed by atoms with Crippen LogP contribution in [-0.4, -0.2) is 32.3 Å². The van der Waals surface area contributed by atoms with Crippen LogP contribution in [0.25, 0.3) is 11.0 Å². The number of pyridine rings is 1. The fourth-order valence-electron chi connectivity index (χ4n) is 1.46. The molecule has 1 atom stereocenters. The average molecular weight is 206 g/mol. The van der Waals surface area contributed by atoms with Crippen LogP contribution in [0.4, 0.5) is 0 Å². The fraction of sp³-hybridized carbons (Fsp3) is 0.200. The number of carbonyl (C=O) groups is 1. The Bertz CT molecular complexity index is 492. The number of rotatable bonds is 3. The van der Waals surface area contributed by atoms with Crippen LogP contribution in [0, 0.1) is 0 Å². The van der Waals surface area contributed by atoms with E-state index in [4.69, 9.17) is 5.11 Å². The van der Waals surface area contributed by atoms with Gasteiger partial charge in [0.25, 0.3) is 0 Å². The van der Waals surface area contributed by atoms with E-state index in [2.05, 4.69) is 9.97 Å². The van der Waals surface area contributed by atoms with Crippen molar-refractivity contribution in [3.8, 4) is 0 Å². The van der Waals surface area contributed by atoms with Gasteiger partial charge in [0, 0.05) is 18.8 Å². The van der Waals surface area contributed by atoms with Crippen LogP contribution >= 0.6 is 0 Å². The lowest BCUT2D eigenvalue weighted by Gasteiger charge is -2.02. The van der Waals surface area contributed by atoms with Crippen molar-refractivity contribution >= 4 is 17.0 Å². The number of hydrogen-bond donors (Lipinski definition) is 3. The van der Waals surface area contributed by atoms with Gasteiger partial charge >= 0.3 is 5.97 Å². The summed E-state index contributed by atoms with van der Waals surface area (Å²) in [6.07, 6.45) is 1.98. The maximum Gasteiger partial charge on any atom is 0.332 e. The van der Waals surface area contributed by atoms with E-state index in [1.807, 2.05) is 6.07 Å². The highest BCUT2D eigenvalue weighted by Crippen LogP contribution is 2.16. The summed E-state index contributed by atoms with van der Waals surface area (Å²) in [5.74, 6) is -1.22. The predicted octanol–water partition coefficient (Wildman–Crippen LogP) is 0.551. The number of aromatic nitrogens is 2. The van der Waals surface area contributed by atoms with Crippen molar-refractivity contribution in [2.24, 2.45) is 0 Å². The zero-order valence-electron chi connectivity index (χ0n) is 7.84. The van der Waals surface area contributed by atoms with E-state index in [9.17, 15) is 9.90 Å². The monoisotopic (exact) mass is 206 g/mol. The highest BCUT2D eigenvalue weighted by molar-refractivity contribution is 5.80. The lowest BCUT2D eigenvalue weighted by molar-refractivity contribution is -0.146. The minimum absolute atomic E-state index is 0.0619. The molecule has 2 heterocycles. The van der Waals surface area contributed by atoms with Crippen molar-refractivity contribution in [1.29, 1.82) is 0 Å². The Kier molecular flexibility index (Phi) is 2.39. The molecule has 5 nitrogen and oxygen atoms in total. The molecule has 0 unspecified atom stereocenters. The Morgan fingerprint density at radius 3 is 3.13 bits per heavy atom. The Morgan fingerprint density at radius 2 is 2.40 bits per heavy atom. The van der Waals surface area contributed by atoms with Gasteiger partial charge in [0.1, 0.15) is 0 Å². The second kappa shape index (κ2) is 3.70. The number of aliphatic carboxylic acids is 1. The summed E-state index contributed by atoms with van der Waals surface area (Å²) in [5.41, 5.74) is 2.25. The SMILES string of the molecule is O=C(O)[C@@H](O)Cc1c[nH]c2cccnc12. The molecular weight excluding hydrogens is 196 g/mol. The highest BCUT2D eigenvalue weighted by Gasteiger charge is 2.16. The quantitative estimate of drug-likeness (QED) is 0.684. The number of nitrogens with one attached hydrogen (secondary N) is 1. The molecule has 0 aliphatic heterocycles. The molecule has 15 heavy (non-hydrogen) atoms. The molecule has 0 saturated carbocycles. The minimum Gasteiger partial charge on any atom is -0.479 e. The summed E-state index contributed by atoms with van der Waals surface area (Å²) in [7, 11) is 0. The topological polar surface area (TPSA) is 86.2 Å². The Hall–Kier alpha value is -1.88. The molecule has 0 aromatic carbocycles. The maximum absolute atomic E-state index is 10.5. The number of carboxylic acid groups (broad SMARTS) is 1. The molecule has 5 heteroatoms. The van der Waals surface area contributed by atoms with Crippen molar-refractivity contribution in [3.05, 3.63) is 30.1 Å². The number of aliphatic hydroxyl groups is 1. The Labute approximate surface area is 85.4 Å². The molecule has 2 rings (SSSR count). The average Bonchev–Trinajstić information content (AvgIpc) is 2.62. The van der Waals surface area contributed by atoms with Crippen molar-refractivity contribution in [2.75, 3.05) is 0 Å². The molecule has 0 fully saturated rings. The third-order valence-corrected chi connectivity index (χ3v) is 2.21. The van der Waals surface area contributed by atoms with Crippen LogP contribution in [0.2, 0.25) is 0 Å². The van der Waals surface area contributed by atoms with Gasteiger partial charge in [0.05, 0.1) is 11.0 Å². The zero-order valence-corrected chi connectivity index (χ0v) is 7.84. The summed E-state index contributed by atoms with van der Waals surface area (Å²) < 4.78 is 0. The minimum atomic E-state index is -1.38. The van der Waals surface area contributed by atoms with Crippen LogP contribution in [0.15, 0.2) is 24.5 Å². The lowest BCUT2D eigenvalue weighted by atomic mass is 10.1. The van der Waals surface area contributed by atoms with E-state index >= 15 is 0 Å². The third kappa shape index (κ3) is 1.82. The summed E-state index contributed by atoms with van der Waals surface area (Å²) >= 11 is 0. The molecule has 0 saturated heterocycles. The van der Waals surface area contributed by atoms with Crippen molar-refractivity contribution in [3.63, 3.8) is 0 Å². The van der Waals surface area contributed by atoms with Gasteiger partial charge in [-0.2, -0.15) is 0 Å². The smallest absolute Gasteiger partial charge is 0.332 e. The zero-order chi connectivity index (χ0) is 10.8. The van der Waals surface area contributed by atoms with Crippen LogP contribution in [0.3, 0.4) is 0 Å². The van der Waals surface area contributed by atoms with Gasteiger partial charge in [-0.05, 0) is 17.7 Å². The summed E-state index contributed by atoms with van der Waals surface area (Å²) in [4.78, 5) is 17.6. The van der Waals surface area contributed by atoms with Crippen LogP contribution in [0.5, 0.6) is 0 Å². The van der Waals surface area contributed by atoms with E-state index < -0.39 is 12.1 Å². The first-order valence-electron chi connectivity index (χ1n) is 4.50. The molecule has 0 spiro atoms. The fourth-order valence-corrected chi connectivity index (χ4v) is 1.46. The molecule has 78 valence electrons. The van der Waals surface area contributed by atoms with E-state index in [1.54, 1.807) is 18.5 Å². The molecule has 0 bridgehead atoms. The first-order chi connectivity index (χ1) is 7.18. The van der Waals surface area contributed by atoms with Crippen molar-refractivity contribution in [1.82, 2.24) is 9.97 Å². The van der Waals surface area contributed by atoms with E-state index in [-0.39, 0.29) is 6.42 Å². The van der Waals surface area contributed by atoms with Gasteiger partial charge < -0.3 is 15.2 Å². The van der Waals surface area contributed by atoms with Crippen molar-refractivity contribution < 1.29 is 15.0 Å².